The predicted molar refractivity (Wildman–Crippen MR) is 82.6 cm³/mol. The minimum Gasteiger partial charge on any atom is -0.399 e. The molecular formula is C14H11BrN4O. The van der Waals surface area contributed by atoms with E-state index in [-0.39, 0.29) is 5.91 Å². The zero-order chi connectivity index (χ0) is 14.1. The van der Waals surface area contributed by atoms with E-state index in [1.165, 1.54) is 0 Å². The number of hydrogen-bond donors (Lipinski definition) is 3. The van der Waals surface area contributed by atoms with Gasteiger partial charge in [-0.1, -0.05) is 0 Å². The summed E-state index contributed by atoms with van der Waals surface area (Å²) in [5.74, 6) is -0.216. The number of anilines is 2. The van der Waals surface area contributed by atoms with Gasteiger partial charge in [-0.2, -0.15) is 5.10 Å². The second-order valence-corrected chi connectivity index (χ2v) is 5.22. The average Bonchev–Trinajstić information content (AvgIpc) is 2.89. The van der Waals surface area contributed by atoms with E-state index in [0.29, 0.717) is 21.4 Å². The van der Waals surface area contributed by atoms with Gasteiger partial charge in [0.25, 0.3) is 5.91 Å². The quantitative estimate of drug-likeness (QED) is 0.631. The Morgan fingerprint density at radius 1 is 1.25 bits per heavy atom. The standard InChI is InChI=1S/C14H11BrN4O/c15-12-3-1-9(16)6-11(12)14(20)18-10-2-4-13-8(5-10)7-17-19-13/h1-7H,16H2,(H,17,19)(H,18,20). The van der Waals surface area contributed by atoms with E-state index in [4.69, 9.17) is 5.73 Å². The lowest BCUT2D eigenvalue weighted by atomic mass is 10.1. The highest BCUT2D eigenvalue weighted by Gasteiger charge is 2.11. The third-order valence-electron chi connectivity index (χ3n) is 2.93. The number of hydrogen-bond acceptors (Lipinski definition) is 3. The molecule has 0 spiro atoms. The zero-order valence-electron chi connectivity index (χ0n) is 10.4. The highest BCUT2D eigenvalue weighted by atomic mass is 79.9. The predicted octanol–water partition coefficient (Wildman–Crippen LogP) is 3.16. The molecule has 1 aromatic heterocycles. The number of carbonyl (C=O) groups is 1. The second-order valence-electron chi connectivity index (χ2n) is 4.37. The van der Waals surface area contributed by atoms with Gasteiger partial charge in [-0.05, 0) is 52.3 Å². The van der Waals surface area contributed by atoms with Gasteiger partial charge in [0.2, 0.25) is 0 Å². The number of amides is 1. The molecule has 100 valence electrons. The molecule has 0 bridgehead atoms. The van der Waals surface area contributed by atoms with Crippen LogP contribution >= 0.6 is 15.9 Å². The largest absolute Gasteiger partial charge is 0.399 e. The number of benzene rings is 2. The summed E-state index contributed by atoms with van der Waals surface area (Å²) in [5, 5.41) is 10.6. The number of nitrogens with zero attached hydrogens (tertiary/aromatic N) is 1. The molecule has 0 aliphatic heterocycles. The zero-order valence-corrected chi connectivity index (χ0v) is 11.9. The molecule has 0 radical (unpaired) electrons. The van der Waals surface area contributed by atoms with Crippen molar-refractivity contribution < 1.29 is 4.79 Å². The molecule has 2 aromatic carbocycles. The van der Waals surface area contributed by atoms with Crippen molar-refractivity contribution in [3.05, 3.63) is 52.6 Å². The number of nitrogen functional groups attached to an aromatic ring is 1. The molecule has 0 fully saturated rings. The highest BCUT2D eigenvalue weighted by molar-refractivity contribution is 9.10. The van der Waals surface area contributed by atoms with Crippen molar-refractivity contribution >= 4 is 44.1 Å². The van der Waals surface area contributed by atoms with Crippen LogP contribution in [0.4, 0.5) is 11.4 Å². The Kier molecular flexibility index (Phi) is 3.15. The summed E-state index contributed by atoms with van der Waals surface area (Å²) in [6.07, 6.45) is 1.71. The number of aromatic nitrogens is 2. The third-order valence-corrected chi connectivity index (χ3v) is 3.62. The number of fused-ring (bicyclic) bond motifs is 1. The lowest BCUT2D eigenvalue weighted by Crippen LogP contribution is -2.12. The van der Waals surface area contributed by atoms with Crippen LogP contribution in [0.1, 0.15) is 10.4 Å². The molecule has 20 heavy (non-hydrogen) atoms. The van der Waals surface area contributed by atoms with Crippen LogP contribution in [0.5, 0.6) is 0 Å². The number of nitrogens with one attached hydrogen (secondary N) is 2. The lowest BCUT2D eigenvalue weighted by molar-refractivity contribution is 0.102. The summed E-state index contributed by atoms with van der Waals surface area (Å²) >= 11 is 3.35. The molecule has 0 aliphatic carbocycles. The molecule has 3 rings (SSSR count). The number of aromatic amines is 1. The smallest absolute Gasteiger partial charge is 0.256 e. The maximum Gasteiger partial charge on any atom is 0.256 e. The summed E-state index contributed by atoms with van der Waals surface area (Å²) < 4.78 is 0.702. The first-order valence-electron chi connectivity index (χ1n) is 5.93. The Hall–Kier alpha value is -2.34. The van der Waals surface area contributed by atoms with Crippen molar-refractivity contribution in [1.82, 2.24) is 10.2 Å². The first-order valence-corrected chi connectivity index (χ1v) is 6.72. The fraction of sp³-hybridized carbons (Fsp3) is 0. The van der Waals surface area contributed by atoms with E-state index >= 15 is 0 Å². The van der Waals surface area contributed by atoms with E-state index in [0.717, 1.165) is 10.9 Å². The van der Waals surface area contributed by atoms with Gasteiger partial charge in [0.1, 0.15) is 0 Å². The summed E-state index contributed by atoms with van der Waals surface area (Å²) in [4.78, 5) is 12.2. The molecule has 0 atom stereocenters. The Bertz CT molecular complexity index is 797. The van der Waals surface area contributed by atoms with Crippen LogP contribution < -0.4 is 11.1 Å². The van der Waals surface area contributed by atoms with E-state index in [9.17, 15) is 4.79 Å². The SMILES string of the molecule is Nc1ccc(Br)c(C(=O)Nc2ccc3[nH]ncc3c2)c1. The van der Waals surface area contributed by atoms with Gasteiger partial charge in [-0.15, -0.1) is 0 Å². The molecule has 1 amide bonds. The summed E-state index contributed by atoms with van der Waals surface area (Å²) in [7, 11) is 0. The topological polar surface area (TPSA) is 83.8 Å². The Balaban J connectivity index is 1.89. The first kappa shape index (κ1) is 12.7. The van der Waals surface area contributed by atoms with Gasteiger partial charge in [0, 0.05) is 21.2 Å². The molecule has 5 nitrogen and oxygen atoms in total. The van der Waals surface area contributed by atoms with Crippen molar-refractivity contribution in [2.75, 3.05) is 11.1 Å². The minimum absolute atomic E-state index is 0.216. The summed E-state index contributed by atoms with van der Waals surface area (Å²) in [6, 6.07) is 10.7. The number of H-pyrrole nitrogens is 1. The average molecular weight is 331 g/mol. The maximum atomic E-state index is 12.2. The molecule has 3 aromatic rings. The molecule has 0 aliphatic rings. The van der Waals surface area contributed by atoms with Crippen LogP contribution in [0, 0.1) is 0 Å². The van der Waals surface area contributed by atoms with Crippen molar-refractivity contribution in [1.29, 1.82) is 0 Å². The highest BCUT2D eigenvalue weighted by Crippen LogP contribution is 2.22. The van der Waals surface area contributed by atoms with E-state index in [2.05, 4.69) is 31.4 Å². The van der Waals surface area contributed by atoms with Crippen LogP contribution in [0.3, 0.4) is 0 Å². The van der Waals surface area contributed by atoms with E-state index < -0.39 is 0 Å². The molecule has 0 saturated heterocycles. The normalized spacial score (nSPS) is 10.7. The van der Waals surface area contributed by atoms with Crippen molar-refractivity contribution in [2.45, 2.75) is 0 Å². The van der Waals surface area contributed by atoms with E-state index in [1.807, 2.05) is 18.2 Å². The number of nitrogens with two attached hydrogens (primary N) is 1. The number of carbonyl (C=O) groups excluding carboxylic acids is 1. The fourth-order valence-electron chi connectivity index (χ4n) is 1.94. The Morgan fingerprint density at radius 2 is 2.10 bits per heavy atom. The molecule has 4 N–H and O–H groups in total. The number of rotatable bonds is 2. The fourth-order valence-corrected chi connectivity index (χ4v) is 2.36. The number of halogens is 1. The first-order chi connectivity index (χ1) is 9.63. The van der Waals surface area contributed by atoms with Crippen LogP contribution in [0.15, 0.2) is 47.1 Å². The lowest BCUT2D eigenvalue weighted by Gasteiger charge is -2.07. The van der Waals surface area contributed by atoms with Crippen LogP contribution in [0.2, 0.25) is 0 Å². The van der Waals surface area contributed by atoms with Gasteiger partial charge in [-0.3, -0.25) is 9.89 Å². The molecule has 0 saturated carbocycles. The molecular weight excluding hydrogens is 320 g/mol. The molecule has 1 heterocycles. The maximum absolute atomic E-state index is 12.2. The minimum atomic E-state index is -0.216. The summed E-state index contributed by atoms with van der Waals surface area (Å²) in [6.45, 7) is 0. The van der Waals surface area contributed by atoms with E-state index in [1.54, 1.807) is 24.4 Å². The van der Waals surface area contributed by atoms with Gasteiger partial charge >= 0.3 is 0 Å². The Morgan fingerprint density at radius 3 is 2.95 bits per heavy atom. The van der Waals surface area contributed by atoms with Crippen molar-refractivity contribution in [3.8, 4) is 0 Å². The summed E-state index contributed by atoms with van der Waals surface area (Å²) in [5.41, 5.74) is 8.38. The molecule has 6 heteroatoms. The monoisotopic (exact) mass is 330 g/mol. The third kappa shape index (κ3) is 2.37. The van der Waals surface area contributed by atoms with Gasteiger partial charge in [-0.25, -0.2) is 0 Å². The van der Waals surface area contributed by atoms with Crippen molar-refractivity contribution in [3.63, 3.8) is 0 Å². The van der Waals surface area contributed by atoms with Crippen LogP contribution in [-0.2, 0) is 0 Å². The van der Waals surface area contributed by atoms with Gasteiger partial charge < -0.3 is 11.1 Å². The van der Waals surface area contributed by atoms with Crippen molar-refractivity contribution in [2.24, 2.45) is 0 Å². The van der Waals surface area contributed by atoms with Crippen LogP contribution in [-0.4, -0.2) is 16.1 Å². The second kappa shape index (κ2) is 4.97. The van der Waals surface area contributed by atoms with Crippen LogP contribution in [0.25, 0.3) is 10.9 Å². The Labute approximate surface area is 123 Å². The molecule has 0 unspecified atom stereocenters. The van der Waals surface area contributed by atoms with Gasteiger partial charge in [0.05, 0.1) is 17.3 Å². The van der Waals surface area contributed by atoms with Gasteiger partial charge in [0.15, 0.2) is 0 Å².